The molecule has 1 atom stereocenters. The highest BCUT2D eigenvalue weighted by atomic mass is 16.5. The average molecular weight is 456 g/mol. The summed E-state index contributed by atoms with van der Waals surface area (Å²) in [6, 6.07) is 9.55. The van der Waals surface area contributed by atoms with Gasteiger partial charge in [0.25, 0.3) is 5.91 Å². The third kappa shape index (κ3) is 7.82. The first kappa shape index (κ1) is 25.7. The second-order valence-electron chi connectivity index (χ2n) is 8.20. The van der Waals surface area contributed by atoms with E-state index < -0.39 is 23.9 Å². The van der Waals surface area contributed by atoms with E-state index in [1.807, 2.05) is 38.1 Å². The number of urea groups is 1. The van der Waals surface area contributed by atoms with Crippen LogP contribution in [0.25, 0.3) is 0 Å². The number of rotatable bonds is 10. The monoisotopic (exact) mass is 455 g/mol. The minimum Gasteiger partial charge on any atom is -0.491 e. The van der Waals surface area contributed by atoms with Crippen LogP contribution in [0.2, 0.25) is 0 Å². The van der Waals surface area contributed by atoms with E-state index in [1.54, 1.807) is 26.0 Å². The molecule has 0 saturated carbocycles. The first-order valence-electron chi connectivity index (χ1n) is 11.0. The molecule has 33 heavy (non-hydrogen) atoms. The first-order valence-corrected chi connectivity index (χ1v) is 11.0. The van der Waals surface area contributed by atoms with Crippen molar-refractivity contribution in [2.45, 2.75) is 59.7 Å². The van der Waals surface area contributed by atoms with E-state index in [2.05, 4.69) is 22.9 Å². The number of carbonyl (C=O) groups excluding carboxylic acids is 2. The van der Waals surface area contributed by atoms with Crippen LogP contribution in [0.1, 0.15) is 53.4 Å². The van der Waals surface area contributed by atoms with Crippen molar-refractivity contribution in [3.05, 3.63) is 64.2 Å². The van der Waals surface area contributed by atoms with Gasteiger partial charge in [-0.25, -0.2) is 9.59 Å². The molecule has 0 saturated heterocycles. The maximum atomic E-state index is 12.8. The van der Waals surface area contributed by atoms with Crippen LogP contribution in [0.4, 0.5) is 4.79 Å². The predicted molar refractivity (Wildman–Crippen MR) is 127 cm³/mol. The Kier molecular flexibility index (Phi) is 9.27. The largest absolute Gasteiger partial charge is 0.491 e. The summed E-state index contributed by atoms with van der Waals surface area (Å²) in [7, 11) is 0. The van der Waals surface area contributed by atoms with Crippen molar-refractivity contribution < 1.29 is 24.2 Å². The van der Waals surface area contributed by atoms with Gasteiger partial charge in [0.15, 0.2) is 0 Å². The number of hydrogen-bond donors (Lipinski definition) is 4. The second-order valence-corrected chi connectivity index (χ2v) is 8.20. The molecule has 2 aromatic rings. The zero-order chi connectivity index (χ0) is 24.5. The molecule has 0 heterocycles. The molecule has 0 aliphatic rings. The molecule has 0 spiro atoms. The summed E-state index contributed by atoms with van der Waals surface area (Å²) in [5, 5.41) is 17.2. The Balaban J connectivity index is 1.95. The van der Waals surface area contributed by atoms with Gasteiger partial charge < -0.3 is 25.8 Å². The standard InChI is InChI=1S/C25H33N3O5/c1-6-18-7-9-19(10-8-18)13-26-25(32)27-14-21(24(30)31)28-23(29)22-16(4)11-20(12-17(22)5)33-15(2)3/h7-12,15,21H,6,13-14H2,1-5H3,(H,28,29)(H,30,31)(H2,26,27,32)/t21-/m0/s1. The van der Waals surface area contributed by atoms with Gasteiger partial charge in [-0.15, -0.1) is 0 Å². The highest BCUT2D eigenvalue weighted by Crippen LogP contribution is 2.23. The molecule has 0 radical (unpaired) electrons. The molecule has 8 nitrogen and oxygen atoms in total. The van der Waals surface area contributed by atoms with Crippen LogP contribution < -0.4 is 20.7 Å². The third-order valence-corrected chi connectivity index (χ3v) is 5.06. The van der Waals surface area contributed by atoms with E-state index in [9.17, 15) is 19.5 Å². The normalized spacial score (nSPS) is 11.6. The van der Waals surface area contributed by atoms with Crippen LogP contribution in [0.5, 0.6) is 5.75 Å². The molecule has 0 aliphatic heterocycles. The number of carbonyl (C=O) groups is 3. The van der Waals surface area contributed by atoms with Gasteiger partial charge in [-0.3, -0.25) is 4.79 Å². The number of ether oxygens (including phenoxy) is 1. The number of hydrogen-bond acceptors (Lipinski definition) is 4. The summed E-state index contributed by atoms with van der Waals surface area (Å²) in [5.41, 5.74) is 3.87. The maximum absolute atomic E-state index is 12.8. The predicted octanol–water partition coefficient (Wildman–Crippen LogP) is 3.34. The van der Waals surface area contributed by atoms with Gasteiger partial charge >= 0.3 is 12.0 Å². The van der Waals surface area contributed by atoms with E-state index in [0.29, 0.717) is 29.0 Å². The van der Waals surface area contributed by atoms with E-state index >= 15 is 0 Å². The van der Waals surface area contributed by atoms with Gasteiger partial charge in [-0.2, -0.15) is 0 Å². The minimum atomic E-state index is -1.28. The summed E-state index contributed by atoms with van der Waals surface area (Å²) < 4.78 is 5.68. The topological polar surface area (TPSA) is 117 Å². The number of amides is 3. The Bertz CT molecular complexity index is 963. The fourth-order valence-electron chi connectivity index (χ4n) is 3.39. The molecule has 2 aromatic carbocycles. The van der Waals surface area contributed by atoms with E-state index in [-0.39, 0.29) is 12.6 Å². The zero-order valence-corrected chi connectivity index (χ0v) is 19.8. The molecule has 2 rings (SSSR count). The highest BCUT2D eigenvalue weighted by Gasteiger charge is 2.23. The average Bonchev–Trinajstić information content (AvgIpc) is 2.74. The highest BCUT2D eigenvalue weighted by molar-refractivity contribution is 5.99. The number of carboxylic acid groups (broad SMARTS) is 1. The smallest absolute Gasteiger partial charge is 0.328 e. The fraction of sp³-hybridized carbons (Fsp3) is 0.400. The lowest BCUT2D eigenvalue weighted by Crippen LogP contribution is -2.50. The minimum absolute atomic E-state index is 0.00667. The van der Waals surface area contributed by atoms with Gasteiger partial charge in [0.1, 0.15) is 11.8 Å². The third-order valence-electron chi connectivity index (χ3n) is 5.06. The Morgan fingerprint density at radius 3 is 2.06 bits per heavy atom. The van der Waals surface area contributed by atoms with Crippen molar-refractivity contribution >= 4 is 17.9 Å². The second kappa shape index (κ2) is 11.9. The zero-order valence-electron chi connectivity index (χ0n) is 19.8. The van der Waals surface area contributed by atoms with Gasteiger partial charge in [-0.1, -0.05) is 31.2 Å². The lowest BCUT2D eigenvalue weighted by Gasteiger charge is -2.19. The van der Waals surface area contributed by atoms with Crippen LogP contribution in [-0.4, -0.2) is 41.7 Å². The van der Waals surface area contributed by atoms with Crippen LogP contribution >= 0.6 is 0 Å². The number of nitrogens with one attached hydrogen (secondary N) is 3. The summed E-state index contributed by atoms with van der Waals surface area (Å²) in [6.07, 6.45) is 0.929. The number of aliphatic carboxylic acids is 1. The fourth-order valence-corrected chi connectivity index (χ4v) is 3.39. The summed E-state index contributed by atoms with van der Waals surface area (Å²) in [4.78, 5) is 36.6. The number of carboxylic acids is 1. The Hall–Kier alpha value is -3.55. The number of aryl methyl sites for hydroxylation is 3. The molecule has 0 bridgehead atoms. The van der Waals surface area contributed by atoms with Crippen molar-refractivity contribution in [2.75, 3.05) is 6.54 Å². The summed E-state index contributed by atoms with van der Waals surface area (Å²) in [5.74, 6) is -1.12. The van der Waals surface area contributed by atoms with E-state index in [1.165, 1.54) is 5.56 Å². The molecule has 0 unspecified atom stereocenters. The lowest BCUT2D eigenvalue weighted by atomic mass is 10.0. The summed E-state index contributed by atoms with van der Waals surface area (Å²) >= 11 is 0. The molecule has 4 N–H and O–H groups in total. The summed E-state index contributed by atoms with van der Waals surface area (Å²) in [6.45, 7) is 9.48. The van der Waals surface area contributed by atoms with Crippen molar-refractivity contribution in [1.29, 1.82) is 0 Å². The van der Waals surface area contributed by atoms with Crippen LogP contribution in [0.3, 0.4) is 0 Å². The molecular weight excluding hydrogens is 422 g/mol. The van der Waals surface area contributed by atoms with E-state index in [0.717, 1.165) is 12.0 Å². The van der Waals surface area contributed by atoms with Crippen LogP contribution in [-0.2, 0) is 17.8 Å². The Labute approximate surface area is 194 Å². The molecular formula is C25H33N3O5. The molecule has 0 fully saturated rings. The Morgan fingerprint density at radius 2 is 1.55 bits per heavy atom. The Morgan fingerprint density at radius 1 is 0.970 bits per heavy atom. The van der Waals surface area contributed by atoms with Crippen molar-refractivity contribution in [2.24, 2.45) is 0 Å². The first-order chi connectivity index (χ1) is 15.6. The van der Waals surface area contributed by atoms with Gasteiger partial charge in [0.2, 0.25) is 0 Å². The van der Waals surface area contributed by atoms with E-state index in [4.69, 9.17) is 4.74 Å². The maximum Gasteiger partial charge on any atom is 0.328 e. The molecule has 178 valence electrons. The molecule has 8 heteroatoms. The molecule has 0 aliphatic carbocycles. The lowest BCUT2D eigenvalue weighted by molar-refractivity contribution is -0.139. The number of benzene rings is 2. The van der Waals surface area contributed by atoms with Crippen molar-refractivity contribution in [3.8, 4) is 5.75 Å². The van der Waals surface area contributed by atoms with Crippen molar-refractivity contribution in [1.82, 2.24) is 16.0 Å². The van der Waals surface area contributed by atoms with Crippen LogP contribution in [0.15, 0.2) is 36.4 Å². The quantitative estimate of drug-likeness (QED) is 0.438. The van der Waals surface area contributed by atoms with Crippen LogP contribution in [0, 0.1) is 13.8 Å². The molecule has 0 aromatic heterocycles. The van der Waals surface area contributed by atoms with Gasteiger partial charge in [0.05, 0.1) is 12.6 Å². The van der Waals surface area contributed by atoms with Gasteiger partial charge in [0, 0.05) is 12.1 Å². The SMILES string of the molecule is CCc1ccc(CNC(=O)NC[C@H](NC(=O)c2c(C)cc(OC(C)C)cc2C)C(=O)O)cc1. The van der Waals surface area contributed by atoms with Crippen molar-refractivity contribution in [3.63, 3.8) is 0 Å². The van der Waals surface area contributed by atoms with Gasteiger partial charge in [-0.05, 0) is 68.5 Å². The molecule has 3 amide bonds.